The van der Waals surface area contributed by atoms with E-state index in [1.54, 1.807) is 6.20 Å². The van der Waals surface area contributed by atoms with Gasteiger partial charge in [-0.2, -0.15) is 0 Å². The first-order valence-corrected chi connectivity index (χ1v) is 5.29. The summed E-state index contributed by atoms with van der Waals surface area (Å²) in [6, 6.07) is 4.03. The minimum atomic E-state index is 0.627. The molecule has 3 nitrogen and oxygen atoms in total. The standard InChI is InChI=1S/C11H15N3/c12-11-5-10(3-4-13-11)14-6-8-1-2-9(8)7-14/h3-5,8-9H,1-2,6-7H2,(H2,12,13). The van der Waals surface area contributed by atoms with Gasteiger partial charge in [0.1, 0.15) is 5.82 Å². The van der Waals surface area contributed by atoms with Crippen LogP contribution in [0.15, 0.2) is 18.3 Å². The molecule has 14 heavy (non-hydrogen) atoms. The Balaban J connectivity index is 1.82. The van der Waals surface area contributed by atoms with Crippen LogP contribution in [0.1, 0.15) is 12.8 Å². The van der Waals surface area contributed by atoms with Crippen molar-refractivity contribution in [3.63, 3.8) is 0 Å². The van der Waals surface area contributed by atoms with Gasteiger partial charge < -0.3 is 10.6 Å². The van der Waals surface area contributed by atoms with Crippen molar-refractivity contribution in [1.29, 1.82) is 0 Å². The Hall–Kier alpha value is -1.25. The lowest BCUT2D eigenvalue weighted by atomic mass is 9.77. The molecule has 1 aliphatic carbocycles. The van der Waals surface area contributed by atoms with Gasteiger partial charge >= 0.3 is 0 Å². The Labute approximate surface area is 83.9 Å². The highest BCUT2D eigenvalue weighted by Gasteiger charge is 2.39. The maximum atomic E-state index is 5.67. The average molecular weight is 189 g/mol. The van der Waals surface area contributed by atoms with Crippen LogP contribution in [0.25, 0.3) is 0 Å². The van der Waals surface area contributed by atoms with Crippen molar-refractivity contribution in [3.05, 3.63) is 18.3 Å². The van der Waals surface area contributed by atoms with E-state index < -0.39 is 0 Å². The molecule has 74 valence electrons. The molecule has 1 aromatic rings. The van der Waals surface area contributed by atoms with Crippen molar-refractivity contribution < 1.29 is 0 Å². The van der Waals surface area contributed by atoms with Crippen molar-refractivity contribution >= 4 is 11.5 Å². The monoisotopic (exact) mass is 189 g/mol. The molecular formula is C11H15N3. The van der Waals surface area contributed by atoms with E-state index in [-0.39, 0.29) is 0 Å². The Morgan fingerprint density at radius 3 is 2.57 bits per heavy atom. The van der Waals surface area contributed by atoms with Crippen molar-refractivity contribution in [2.24, 2.45) is 11.8 Å². The third-order valence-electron chi connectivity index (χ3n) is 3.61. The second-order valence-electron chi connectivity index (χ2n) is 4.44. The van der Waals surface area contributed by atoms with E-state index in [0.29, 0.717) is 5.82 Å². The highest BCUT2D eigenvalue weighted by atomic mass is 15.2. The first-order chi connectivity index (χ1) is 6.83. The van der Waals surface area contributed by atoms with Gasteiger partial charge in [-0.25, -0.2) is 4.98 Å². The summed E-state index contributed by atoms with van der Waals surface area (Å²) >= 11 is 0. The second kappa shape index (κ2) is 2.87. The molecule has 0 amide bonds. The summed E-state index contributed by atoms with van der Waals surface area (Å²) < 4.78 is 0. The van der Waals surface area contributed by atoms with Crippen LogP contribution in [0.5, 0.6) is 0 Å². The summed E-state index contributed by atoms with van der Waals surface area (Å²) in [7, 11) is 0. The fraction of sp³-hybridized carbons (Fsp3) is 0.545. The van der Waals surface area contributed by atoms with Gasteiger partial charge in [-0.15, -0.1) is 0 Å². The quantitative estimate of drug-likeness (QED) is 0.728. The number of aromatic nitrogens is 1. The number of hydrogen-bond acceptors (Lipinski definition) is 3. The van der Waals surface area contributed by atoms with Gasteiger partial charge in [-0.1, -0.05) is 0 Å². The van der Waals surface area contributed by atoms with Gasteiger partial charge in [0, 0.05) is 31.0 Å². The number of rotatable bonds is 1. The van der Waals surface area contributed by atoms with Crippen molar-refractivity contribution in [3.8, 4) is 0 Å². The van der Waals surface area contributed by atoms with Gasteiger partial charge in [0.25, 0.3) is 0 Å². The molecule has 2 N–H and O–H groups in total. The molecule has 2 atom stereocenters. The molecule has 2 heterocycles. The van der Waals surface area contributed by atoms with Crippen molar-refractivity contribution in [2.45, 2.75) is 12.8 Å². The van der Waals surface area contributed by atoms with Gasteiger partial charge in [-0.05, 0) is 30.7 Å². The summed E-state index contributed by atoms with van der Waals surface area (Å²) in [6.45, 7) is 2.43. The number of fused-ring (bicyclic) bond motifs is 1. The van der Waals surface area contributed by atoms with Crippen LogP contribution in [-0.2, 0) is 0 Å². The molecule has 2 fully saturated rings. The average Bonchev–Trinajstić information content (AvgIpc) is 2.43. The molecule has 1 saturated heterocycles. The van der Waals surface area contributed by atoms with Crippen molar-refractivity contribution in [1.82, 2.24) is 4.98 Å². The fourth-order valence-corrected chi connectivity index (χ4v) is 2.60. The lowest BCUT2D eigenvalue weighted by Gasteiger charge is -2.27. The number of nitrogens with zero attached hydrogens (tertiary/aromatic N) is 2. The molecule has 2 aliphatic rings. The highest BCUT2D eigenvalue weighted by molar-refractivity contribution is 5.53. The van der Waals surface area contributed by atoms with E-state index >= 15 is 0 Å². The fourth-order valence-electron chi connectivity index (χ4n) is 2.60. The molecule has 3 rings (SSSR count). The van der Waals surface area contributed by atoms with Crippen LogP contribution in [-0.4, -0.2) is 18.1 Å². The molecule has 0 bridgehead atoms. The third-order valence-corrected chi connectivity index (χ3v) is 3.61. The topological polar surface area (TPSA) is 42.1 Å². The molecule has 3 heteroatoms. The lowest BCUT2D eigenvalue weighted by molar-refractivity contribution is 0.243. The normalized spacial score (nSPS) is 29.9. The van der Waals surface area contributed by atoms with Crippen molar-refractivity contribution in [2.75, 3.05) is 23.7 Å². The van der Waals surface area contributed by atoms with Crippen LogP contribution < -0.4 is 10.6 Å². The van der Waals surface area contributed by atoms with Crippen LogP contribution in [0.4, 0.5) is 11.5 Å². The minimum Gasteiger partial charge on any atom is -0.384 e. The maximum Gasteiger partial charge on any atom is 0.125 e. The third kappa shape index (κ3) is 1.15. The Morgan fingerprint density at radius 2 is 2.00 bits per heavy atom. The van der Waals surface area contributed by atoms with E-state index in [1.165, 1.54) is 31.6 Å². The number of nitrogen functional groups attached to an aromatic ring is 1. The molecule has 0 radical (unpaired) electrons. The molecule has 2 unspecified atom stereocenters. The minimum absolute atomic E-state index is 0.627. The smallest absolute Gasteiger partial charge is 0.125 e. The zero-order valence-electron chi connectivity index (χ0n) is 8.19. The highest BCUT2D eigenvalue weighted by Crippen LogP contribution is 2.41. The number of nitrogens with two attached hydrogens (primary N) is 1. The van der Waals surface area contributed by atoms with Crippen LogP contribution in [0.2, 0.25) is 0 Å². The zero-order valence-corrected chi connectivity index (χ0v) is 8.19. The van der Waals surface area contributed by atoms with Crippen LogP contribution in [0.3, 0.4) is 0 Å². The Kier molecular flexibility index (Phi) is 1.66. The molecular weight excluding hydrogens is 174 g/mol. The van der Waals surface area contributed by atoms with E-state index in [9.17, 15) is 0 Å². The molecule has 1 aliphatic heterocycles. The largest absolute Gasteiger partial charge is 0.384 e. The van der Waals surface area contributed by atoms with E-state index in [0.717, 1.165) is 11.8 Å². The number of hydrogen-bond donors (Lipinski definition) is 1. The first kappa shape index (κ1) is 8.09. The van der Waals surface area contributed by atoms with Crippen LogP contribution >= 0.6 is 0 Å². The van der Waals surface area contributed by atoms with Gasteiger partial charge in [-0.3, -0.25) is 0 Å². The zero-order chi connectivity index (χ0) is 9.54. The molecule has 1 saturated carbocycles. The summed E-state index contributed by atoms with van der Waals surface area (Å²) in [5.74, 6) is 2.52. The predicted octanol–water partition coefficient (Wildman–Crippen LogP) is 1.51. The molecule has 0 spiro atoms. The number of anilines is 2. The lowest BCUT2D eigenvalue weighted by Crippen LogP contribution is -2.22. The van der Waals surface area contributed by atoms with E-state index in [4.69, 9.17) is 5.73 Å². The molecule has 0 aromatic carbocycles. The van der Waals surface area contributed by atoms with E-state index in [2.05, 4.69) is 16.0 Å². The first-order valence-electron chi connectivity index (χ1n) is 5.29. The second-order valence-corrected chi connectivity index (χ2v) is 4.44. The van der Waals surface area contributed by atoms with Gasteiger partial charge in [0.15, 0.2) is 0 Å². The Bertz CT molecular complexity index is 338. The van der Waals surface area contributed by atoms with Gasteiger partial charge in [0.05, 0.1) is 0 Å². The maximum absolute atomic E-state index is 5.67. The Morgan fingerprint density at radius 1 is 1.29 bits per heavy atom. The van der Waals surface area contributed by atoms with Gasteiger partial charge in [0.2, 0.25) is 0 Å². The SMILES string of the molecule is Nc1cc(N2CC3CCC3C2)ccn1. The summed E-state index contributed by atoms with van der Waals surface area (Å²) in [4.78, 5) is 6.46. The number of pyridine rings is 1. The van der Waals surface area contributed by atoms with Crippen LogP contribution in [0, 0.1) is 11.8 Å². The predicted molar refractivity (Wildman–Crippen MR) is 57.1 cm³/mol. The summed E-state index contributed by atoms with van der Waals surface area (Å²) in [5.41, 5.74) is 6.92. The molecule has 1 aromatic heterocycles. The summed E-state index contributed by atoms with van der Waals surface area (Å²) in [6.07, 6.45) is 4.63. The summed E-state index contributed by atoms with van der Waals surface area (Å²) in [5, 5.41) is 0. The van der Waals surface area contributed by atoms with E-state index in [1.807, 2.05) is 6.07 Å².